The Morgan fingerprint density at radius 2 is 1.89 bits per heavy atom. The van der Waals surface area contributed by atoms with Crippen LogP contribution in [0.3, 0.4) is 0 Å². The van der Waals surface area contributed by atoms with Crippen LogP contribution in [0.4, 0.5) is 4.39 Å². The molecule has 0 saturated carbocycles. The SMILES string of the molecule is CCOC(=O)CN(C(=O)c1ccc(CN2CCOCC2)o1)[C@H](C(=O)NC[C@H]1CCCO1)c1ccc(F)cc1. The highest BCUT2D eigenvalue weighted by Gasteiger charge is 2.36. The first-order valence-electron chi connectivity index (χ1n) is 12.9. The van der Waals surface area contributed by atoms with Gasteiger partial charge in [0.2, 0.25) is 5.91 Å². The second-order valence-corrected chi connectivity index (χ2v) is 9.23. The van der Waals surface area contributed by atoms with Crippen LogP contribution in [-0.2, 0) is 30.3 Å². The predicted molar refractivity (Wildman–Crippen MR) is 134 cm³/mol. The van der Waals surface area contributed by atoms with Gasteiger partial charge in [-0.2, -0.15) is 0 Å². The van der Waals surface area contributed by atoms with Crippen LogP contribution in [0.1, 0.15) is 47.7 Å². The summed E-state index contributed by atoms with van der Waals surface area (Å²) in [6.45, 7) is 5.38. The molecule has 0 radical (unpaired) electrons. The van der Waals surface area contributed by atoms with E-state index in [4.69, 9.17) is 18.6 Å². The molecular weight excluding hydrogens is 497 g/mol. The maximum absolute atomic E-state index is 13.7. The summed E-state index contributed by atoms with van der Waals surface area (Å²) in [5.41, 5.74) is 0.342. The van der Waals surface area contributed by atoms with E-state index in [2.05, 4.69) is 10.2 Å². The van der Waals surface area contributed by atoms with E-state index in [0.29, 0.717) is 37.7 Å². The summed E-state index contributed by atoms with van der Waals surface area (Å²) in [5, 5.41) is 2.84. The lowest BCUT2D eigenvalue weighted by molar-refractivity contribution is -0.145. The van der Waals surface area contributed by atoms with Gasteiger partial charge in [0.25, 0.3) is 5.91 Å². The van der Waals surface area contributed by atoms with Crippen molar-refractivity contribution in [1.82, 2.24) is 15.1 Å². The number of rotatable bonds is 11. The van der Waals surface area contributed by atoms with Crippen LogP contribution in [0.2, 0.25) is 0 Å². The minimum atomic E-state index is -1.23. The van der Waals surface area contributed by atoms with Crippen LogP contribution >= 0.6 is 0 Å². The predicted octanol–water partition coefficient (Wildman–Crippen LogP) is 2.29. The summed E-state index contributed by atoms with van der Waals surface area (Å²) < 4.78 is 35.7. The van der Waals surface area contributed by atoms with Crippen molar-refractivity contribution >= 4 is 17.8 Å². The fraction of sp³-hybridized carbons (Fsp3) is 0.519. The van der Waals surface area contributed by atoms with Crippen molar-refractivity contribution in [2.45, 2.75) is 38.5 Å². The summed E-state index contributed by atoms with van der Waals surface area (Å²) in [6.07, 6.45) is 1.58. The molecule has 4 rings (SSSR count). The van der Waals surface area contributed by atoms with E-state index in [-0.39, 0.29) is 25.0 Å². The molecule has 1 aromatic carbocycles. The maximum Gasteiger partial charge on any atom is 0.325 e. The topological polar surface area (TPSA) is 111 Å². The molecule has 0 unspecified atom stereocenters. The molecule has 2 atom stereocenters. The van der Waals surface area contributed by atoms with Crippen molar-refractivity contribution in [3.8, 4) is 0 Å². The quantitative estimate of drug-likeness (QED) is 0.440. The Hall–Kier alpha value is -3.28. The zero-order chi connectivity index (χ0) is 26.9. The Labute approximate surface area is 221 Å². The lowest BCUT2D eigenvalue weighted by atomic mass is 10.0. The van der Waals surface area contributed by atoms with Gasteiger partial charge in [0.1, 0.15) is 24.2 Å². The number of esters is 1. The van der Waals surface area contributed by atoms with Crippen molar-refractivity contribution < 1.29 is 37.4 Å². The molecule has 38 heavy (non-hydrogen) atoms. The Morgan fingerprint density at radius 3 is 2.58 bits per heavy atom. The second kappa shape index (κ2) is 13.5. The molecule has 1 N–H and O–H groups in total. The van der Waals surface area contributed by atoms with Gasteiger partial charge in [-0.3, -0.25) is 19.3 Å². The number of nitrogens with one attached hydrogen (secondary N) is 1. The smallest absolute Gasteiger partial charge is 0.325 e. The molecular formula is C27H34FN3O7. The zero-order valence-electron chi connectivity index (χ0n) is 21.5. The van der Waals surface area contributed by atoms with E-state index in [0.717, 1.165) is 30.8 Å². The van der Waals surface area contributed by atoms with E-state index >= 15 is 0 Å². The van der Waals surface area contributed by atoms with Crippen LogP contribution < -0.4 is 5.32 Å². The zero-order valence-corrected chi connectivity index (χ0v) is 21.5. The highest BCUT2D eigenvalue weighted by atomic mass is 19.1. The third-order valence-corrected chi connectivity index (χ3v) is 6.49. The highest BCUT2D eigenvalue weighted by Crippen LogP contribution is 2.25. The van der Waals surface area contributed by atoms with Gasteiger partial charge in [0.05, 0.1) is 32.5 Å². The largest absolute Gasteiger partial charge is 0.465 e. The Morgan fingerprint density at radius 1 is 1.13 bits per heavy atom. The normalized spacial score (nSPS) is 18.6. The Balaban J connectivity index is 1.60. The summed E-state index contributed by atoms with van der Waals surface area (Å²) >= 11 is 0. The number of nitrogens with zero attached hydrogens (tertiary/aromatic N) is 2. The molecule has 2 saturated heterocycles. The van der Waals surface area contributed by atoms with Gasteiger partial charge >= 0.3 is 5.97 Å². The highest BCUT2D eigenvalue weighted by molar-refractivity contribution is 5.98. The number of ether oxygens (including phenoxy) is 3. The van der Waals surface area contributed by atoms with Crippen LogP contribution in [0.5, 0.6) is 0 Å². The molecule has 206 valence electrons. The van der Waals surface area contributed by atoms with Gasteiger partial charge in [-0.15, -0.1) is 0 Å². The van der Waals surface area contributed by atoms with Gasteiger partial charge in [-0.05, 0) is 49.6 Å². The lowest BCUT2D eigenvalue weighted by Crippen LogP contribution is -2.47. The number of morpholine rings is 1. The minimum absolute atomic E-state index is 0.0170. The molecule has 0 aliphatic carbocycles. The van der Waals surface area contributed by atoms with E-state index in [1.165, 1.54) is 30.3 Å². The number of benzene rings is 1. The van der Waals surface area contributed by atoms with Crippen molar-refractivity contribution in [2.75, 3.05) is 52.6 Å². The molecule has 1 aromatic heterocycles. The molecule has 2 aliphatic rings. The van der Waals surface area contributed by atoms with E-state index in [1.807, 2.05) is 0 Å². The average molecular weight is 532 g/mol. The number of furan rings is 1. The number of amides is 2. The number of hydrogen-bond donors (Lipinski definition) is 1. The Bertz CT molecular complexity index is 1080. The molecule has 2 aliphatic heterocycles. The summed E-state index contributed by atoms with van der Waals surface area (Å²) in [7, 11) is 0. The van der Waals surface area contributed by atoms with Crippen molar-refractivity contribution in [3.05, 3.63) is 59.3 Å². The molecule has 3 heterocycles. The second-order valence-electron chi connectivity index (χ2n) is 9.23. The average Bonchev–Trinajstić information content (AvgIpc) is 3.61. The van der Waals surface area contributed by atoms with Crippen molar-refractivity contribution in [2.24, 2.45) is 0 Å². The number of hydrogen-bond acceptors (Lipinski definition) is 8. The van der Waals surface area contributed by atoms with E-state index in [1.54, 1.807) is 13.0 Å². The standard InChI is InChI=1S/C27H34FN3O7/c1-2-36-24(32)18-31(27(34)23-10-9-22(38-23)17-30-11-14-35-15-12-30)25(19-5-7-20(28)8-6-19)26(33)29-16-21-4-3-13-37-21/h5-10,21,25H,2-4,11-18H2,1H3,(H,29,33)/t21-,25+/m1/s1. The van der Waals surface area contributed by atoms with Gasteiger partial charge in [0.15, 0.2) is 5.76 Å². The van der Waals surface area contributed by atoms with Crippen LogP contribution in [-0.4, -0.2) is 86.3 Å². The van der Waals surface area contributed by atoms with Crippen molar-refractivity contribution in [1.29, 1.82) is 0 Å². The fourth-order valence-electron chi connectivity index (χ4n) is 4.56. The number of carbonyl (C=O) groups excluding carboxylic acids is 3. The molecule has 0 spiro atoms. The first kappa shape index (κ1) is 27.7. The van der Waals surface area contributed by atoms with Gasteiger partial charge < -0.3 is 28.8 Å². The lowest BCUT2D eigenvalue weighted by Gasteiger charge is -2.30. The van der Waals surface area contributed by atoms with Crippen LogP contribution in [0.25, 0.3) is 0 Å². The fourth-order valence-corrected chi connectivity index (χ4v) is 4.56. The third-order valence-electron chi connectivity index (χ3n) is 6.49. The summed E-state index contributed by atoms with van der Waals surface area (Å²) in [4.78, 5) is 43.1. The van der Waals surface area contributed by atoms with Gasteiger partial charge in [-0.1, -0.05) is 12.1 Å². The molecule has 10 nitrogen and oxygen atoms in total. The molecule has 2 fully saturated rings. The first-order chi connectivity index (χ1) is 18.4. The molecule has 2 aromatic rings. The molecule has 0 bridgehead atoms. The van der Waals surface area contributed by atoms with E-state index < -0.39 is 36.2 Å². The molecule has 11 heteroatoms. The minimum Gasteiger partial charge on any atom is -0.465 e. The summed E-state index contributed by atoms with van der Waals surface area (Å²) in [5.74, 6) is -1.80. The first-order valence-corrected chi connectivity index (χ1v) is 12.9. The van der Waals surface area contributed by atoms with Gasteiger partial charge in [0, 0.05) is 26.2 Å². The monoisotopic (exact) mass is 531 g/mol. The molecule has 2 amide bonds. The Kier molecular flexibility index (Phi) is 9.85. The third kappa shape index (κ3) is 7.40. The summed E-state index contributed by atoms with van der Waals surface area (Å²) in [6, 6.07) is 7.25. The number of carbonyl (C=O) groups is 3. The maximum atomic E-state index is 13.7. The number of halogens is 1. The van der Waals surface area contributed by atoms with Crippen molar-refractivity contribution in [3.63, 3.8) is 0 Å². The van der Waals surface area contributed by atoms with E-state index in [9.17, 15) is 18.8 Å². The van der Waals surface area contributed by atoms with Gasteiger partial charge in [-0.25, -0.2) is 4.39 Å². The van der Waals surface area contributed by atoms with Crippen LogP contribution in [0.15, 0.2) is 40.8 Å². The van der Waals surface area contributed by atoms with Crippen LogP contribution in [0, 0.1) is 5.82 Å².